The molecule has 0 bridgehead atoms. The maximum absolute atomic E-state index is 14.1. The first kappa shape index (κ1) is 15.3. The predicted molar refractivity (Wildman–Crippen MR) is 81.6 cm³/mol. The van der Waals surface area contributed by atoms with Crippen LogP contribution in [-0.2, 0) is 0 Å². The monoisotopic (exact) mass is 307 g/mol. The maximum atomic E-state index is 14.1. The summed E-state index contributed by atoms with van der Waals surface area (Å²) in [6, 6.07) is 11.2. The van der Waals surface area contributed by atoms with Crippen molar-refractivity contribution >= 4 is 23.3 Å². The molecule has 0 heterocycles. The third-order valence-corrected chi connectivity index (χ3v) is 3.76. The highest BCUT2D eigenvalue weighted by atomic mass is 35.5. The third-order valence-electron chi connectivity index (χ3n) is 3.51. The Hall–Kier alpha value is -2.07. The Labute approximate surface area is 127 Å². The van der Waals surface area contributed by atoms with Gasteiger partial charge in [0.2, 0.25) is 0 Å². The molecule has 110 valence electrons. The van der Waals surface area contributed by atoms with Crippen molar-refractivity contribution in [3.05, 3.63) is 64.4 Å². The van der Waals surface area contributed by atoms with Crippen LogP contribution in [0.15, 0.2) is 42.5 Å². The number of aromatic carboxylic acids is 1. The van der Waals surface area contributed by atoms with Crippen LogP contribution >= 0.6 is 11.6 Å². The maximum Gasteiger partial charge on any atom is 0.335 e. The zero-order valence-electron chi connectivity index (χ0n) is 11.7. The van der Waals surface area contributed by atoms with Crippen molar-refractivity contribution in [2.75, 3.05) is 11.9 Å². The van der Waals surface area contributed by atoms with Gasteiger partial charge in [-0.15, -0.1) is 0 Å². The lowest BCUT2D eigenvalue weighted by Crippen LogP contribution is -2.22. The number of nitrogens with zero attached hydrogens (tertiary/aromatic N) is 1. The molecule has 0 aromatic heterocycles. The molecule has 0 aliphatic carbocycles. The Morgan fingerprint density at radius 3 is 2.38 bits per heavy atom. The summed E-state index contributed by atoms with van der Waals surface area (Å²) in [6.45, 7) is 1.94. The van der Waals surface area contributed by atoms with E-state index < -0.39 is 11.8 Å². The number of rotatable bonds is 4. The van der Waals surface area contributed by atoms with Crippen molar-refractivity contribution < 1.29 is 14.3 Å². The average Bonchev–Trinajstić information content (AvgIpc) is 2.46. The summed E-state index contributed by atoms with van der Waals surface area (Å²) < 4.78 is 14.1. The van der Waals surface area contributed by atoms with Crippen molar-refractivity contribution in [2.24, 2.45) is 0 Å². The van der Waals surface area contributed by atoms with E-state index in [4.69, 9.17) is 16.7 Å². The van der Waals surface area contributed by atoms with Gasteiger partial charge in [0, 0.05) is 12.1 Å². The number of carboxylic acid groups (broad SMARTS) is 1. The van der Waals surface area contributed by atoms with Gasteiger partial charge in [-0.05, 0) is 42.8 Å². The molecule has 1 unspecified atom stereocenters. The van der Waals surface area contributed by atoms with Crippen molar-refractivity contribution in [1.82, 2.24) is 0 Å². The van der Waals surface area contributed by atoms with Gasteiger partial charge in [-0.2, -0.15) is 0 Å². The lowest BCUT2D eigenvalue weighted by molar-refractivity contribution is 0.0696. The van der Waals surface area contributed by atoms with Crippen LogP contribution in [0, 0.1) is 5.82 Å². The average molecular weight is 308 g/mol. The van der Waals surface area contributed by atoms with E-state index in [-0.39, 0.29) is 11.6 Å². The van der Waals surface area contributed by atoms with Crippen LogP contribution in [0.2, 0.25) is 5.02 Å². The van der Waals surface area contributed by atoms with E-state index in [9.17, 15) is 9.18 Å². The van der Waals surface area contributed by atoms with Crippen molar-refractivity contribution in [1.29, 1.82) is 0 Å². The van der Waals surface area contributed by atoms with E-state index in [1.54, 1.807) is 24.1 Å². The second kappa shape index (κ2) is 6.14. The third kappa shape index (κ3) is 3.34. The first-order chi connectivity index (χ1) is 9.90. The molecule has 0 saturated heterocycles. The Morgan fingerprint density at radius 1 is 1.24 bits per heavy atom. The topological polar surface area (TPSA) is 40.5 Å². The number of hydrogen-bond acceptors (Lipinski definition) is 2. The number of halogens is 2. The minimum Gasteiger partial charge on any atom is -0.478 e. The van der Waals surface area contributed by atoms with Crippen molar-refractivity contribution in [2.45, 2.75) is 13.0 Å². The molecule has 2 aromatic carbocycles. The van der Waals surface area contributed by atoms with Crippen molar-refractivity contribution in [3.63, 3.8) is 0 Å². The van der Waals surface area contributed by atoms with Gasteiger partial charge in [-0.3, -0.25) is 0 Å². The molecule has 0 saturated carbocycles. The second-order valence-corrected chi connectivity index (χ2v) is 5.25. The van der Waals surface area contributed by atoms with Gasteiger partial charge >= 0.3 is 5.97 Å². The number of carbonyl (C=O) groups is 1. The molecule has 5 heteroatoms. The van der Waals surface area contributed by atoms with E-state index >= 15 is 0 Å². The molecule has 21 heavy (non-hydrogen) atoms. The fourth-order valence-corrected chi connectivity index (χ4v) is 2.23. The van der Waals surface area contributed by atoms with Crippen LogP contribution in [0.5, 0.6) is 0 Å². The highest BCUT2D eigenvalue weighted by molar-refractivity contribution is 6.30. The lowest BCUT2D eigenvalue weighted by Gasteiger charge is -2.28. The summed E-state index contributed by atoms with van der Waals surface area (Å²) in [7, 11) is 1.76. The number of hydrogen-bond donors (Lipinski definition) is 1. The van der Waals surface area contributed by atoms with E-state index in [0.29, 0.717) is 10.7 Å². The van der Waals surface area contributed by atoms with Crippen LogP contribution in [0.3, 0.4) is 0 Å². The molecule has 2 rings (SSSR count). The summed E-state index contributed by atoms with van der Waals surface area (Å²) in [4.78, 5) is 12.6. The van der Waals surface area contributed by atoms with Gasteiger partial charge < -0.3 is 10.0 Å². The zero-order chi connectivity index (χ0) is 15.6. The largest absolute Gasteiger partial charge is 0.478 e. The van der Waals surface area contributed by atoms with Gasteiger partial charge in [-0.25, -0.2) is 9.18 Å². The summed E-state index contributed by atoms with van der Waals surface area (Å²) in [6.07, 6.45) is 0. The first-order valence-corrected chi connectivity index (χ1v) is 6.79. The van der Waals surface area contributed by atoms with E-state index in [1.165, 1.54) is 12.1 Å². The molecule has 0 fully saturated rings. The fourth-order valence-electron chi connectivity index (χ4n) is 2.10. The molecule has 0 aliphatic heterocycles. The molecule has 1 N–H and O–H groups in total. The fraction of sp³-hybridized carbons (Fsp3) is 0.188. The summed E-state index contributed by atoms with van der Waals surface area (Å²) in [5.41, 5.74) is 1.27. The van der Waals surface area contributed by atoms with E-state index in [2.05, 4.69) is 0 Å². The zero-order valence-corrected chi connectivity index (χ0v) is 12.4. The summed E-state index contributed by atoms with van der Waals surface area (Å²) in [5.74, 6) is -1.70. The number of benzene rings is 2. The molecular weight excluding hydrogens is 293 g/mol. The Morgan fingerprint density at radius 2 is 1.86 bits per heavy atom. The molecular formula is C16H15ClFNO2. The molecule has 0 radical (unpaired) electrons. The van der Waals surface area contributed by atoms with Gasteiger partial charge in [0.1, 0.15) is 5.82 Å². The molecule has 2 aromatic rings. The lowest BCUT2D eigenvalue weighted by atomic mass is 10.1. The van der Waals surface area contributed by atoms with Crippen LogP contribution < -0.4 is 4.90 Å². The molecule has 0 aliphatic rings. The highest BCUT2D eigenvalue weighted by Crippen LogP contribution is 2.28. The van der Waals surface area contributed by atoms with Gasteiger partial charge in [0.25, 0.3) is 0 Å². The minimum absolute atomic E-state index is 0.0659. The summed E-state index contributed by atoms with van der Waals surface area (Å²) in [5, 5.41) is 9.50. The van der Waals surface area contributed by atoms with Crippen LogP contribution in [-0.4, -0.2) is 18.1 Å². The van der Waals surface area contributed by atoms with Crippen LogP contribution in [0.25, 0.3) is 0 Å². The number of anilines is 1. The van der Waals surface area contributed by atoms with Crippen LogP contribution in [0.4, 0.5) is 10.1 Å². The van der Waals surface area contributed by atoms with Crippen LogP contribution in [0.1, 0.15) is 28.9 Å². The van der Waals surface area contributed by atoms with Gasteiger partial charge in [-0.1, -0.05) is 23.7 Å². The minimum atomic E-state index is -1.14. The smallest absolute Gasteiger partial charge is 0.335 e. The normalized spacial score (nSPS) is 12.0. The standard InChI is InChI=1S/C16H15ClFNO2/c1-10(11-3-6-13(17)7-4-11)19(2)15-8-5-12(16(20)21)9-14(15)18/h3-10H,1-2H3,(H,20,21). The molecule has 3 nitrogen and oxygen atoms in total. The Balaban J connectivity index is 2.28. The second-order valence-electron chi connectivity index (χ2n) is 4.81. The van der Waals surface area contributed by atoms with Gasteiger partial charge in [0.05, 0.1) is 17.3 Å². The van der Waals surface area contributed by atoms with E-state index in [1.807, 2.05) is 19.1 Å². The first-order valence-electron chi connectivity index (χ1n) is 6.41. The van der Waals surface area contributed by atoms with Gasteiger partial charge in [0.15, 0.2) is 0 Å². The Bertz CT molecular complexity index is 658. The summed E-state index contributed by atoms with van der Waals surface area (Å²) >= 11 is 5.86. The molecule has 0 spiro atoms. The van der Waals surface area contributed by atoms with E-state index in [0.717, 1.165) is 11.6 Å². The number of carboxylic acids is 1. The predicted octanol–water partition coefficient (Wildman–Crippen LogP) is 4.37. The highest BCUT2D eigenvalue weighted by Gasteiger charge is 2.17. The Kier molecular flexibility index (Phi) is 4.48. The van der Waals surface area contributed by atoms with Crippen molar-refractivity contribution in [3.8, 4) is 0 Å². The SMILES string of the molecule is CC(c1ccc(Cl)cc1)N(C)c1ccc(C(=O)O)cc1F. The molecule has 0 amide bonds. The quantitative estimate of drug-likeness (QED) is 0.911. The molecule has 1 atom stereocenters.